The molecule has 2 aromatic heterocycles. The summed E-state index contributed by atoms with van der Waals surface area (Å²) in [5, 5.41) is 4.34. The lowest BCUT2D eigenvalue weighted by molar-refractivity contribution is 0.279. The van der Waals surface area contributed by atoms with Crippen LogP contribution in [-0.4, -0.2) is 33.0 Å². The smallest absolute Gasteiger partial charge is 0.216 e. The highest BCUT2D eigenvalue weighted by atomic mass is 32.1. The molecular weight excluding hydrogens is 458 g/mol. The zero-order chi connectivity index (χ0) is 24.0. The van der Waals surface area contributed by atoms with Crippen molar-refractivity contribution in [2.75, 3.05) is 11.9 Å². The van der Waals surface area contributed by atoms with E-state index in [2.05, 4.69) is 34.1 Å². The molecule has 1 aliphatic heterocycles. The van der Waals surface area contributed by atoms with Crippen molar-refractivity contribution in [1.82, 2.24) is 15.0 Å². The molecule has 0 unspecified atom stereocenters. The number of nitrogens with one attached hydrogen (secondary N) is 1. The van der Waals surface area contributed by atoms with Crippen LogP contribution in [0.1, 0.15) is 25.0 Å². The van der Waals surface area contributed by atoms with E-state index >= 15 is 0 Å². The molecule has 0 saturated carbocycles. The number of aryl methyl sites for hydroxylation is 1. The largest absolute Gasteiger partial charge is 0.475 e. The van der Waals surface area contributed by atoms with Crippen LogP contribution in [-0.2, 0) is 4.74 Å². The first-order chi connectivity index (χ1) is 16.9. The molecule has 35 heavy (non-hydrogen) atoms. The van der Waals surface area contributed by atoms with Gasteiger partial charge in [0.2, 0.25) is 5.90 Å². The first kappa shape index (κ1) is 21.5. The molecule has 1 N–H and O–H groups in total. The lowest BCUT2D eigenvalue weighted by Crippen LogP contribution is -2.17. The number of nitrogens with zero attached hydrogens (tertiary/aromatic N) is 4. The molecular formula is C27H23N5O2S. The maximum absolute atomic E-state index is 6.15. The summed E-state index contributed by atoms with van der Waals surface area (Å²) in [6, 6.07) is 17.9. The van der Waals surface area contributed by atoms with Gasteiger partial charge in [0.1, 0.15) is 30.3 Å². The summed E-state index contributed by atoms with van der Waals surface area (Å²) in [5.74, 6) is 2.97. The van der Waals surface area contributed by atoms with Crippen molar-refractivity contribution in [3.63, 3.8) is 0 Å². The fourth-order valence-corrected chi connectivity index (χ4v) is 4.73. The van der Waals surface area contributed by atoms with Crippen LogP contribution in [0.2, 0.25) is 0 Å². The second-order valence-electron chi connectivity index (χ2n) is 9.16. The molecule has 0 amide bonds. The second kappa shape index (κ2) is 8.32. The quantitative estimate of drug-likeness (QED) is 0.303. The van der Waals surface area contributed by atoms with Crippen molar-refractivity contribution >= 4 is 49.9 Å². The lowest BCUT2D eigenvalue weighted by atomic mass is 10.1. The minimum Gasteiger partial charge on any atom is -0.475 e. The van der Waals surface area contributed by atoms with E-state index in [9.17, 15) is 0 Å². The molecule has 8 heteroatoms. The number of thiazole rings is 1. The van der Waals surface area contributed by atoms with Crippen LogP contribution < -0.4 is 10.1 Å². The molecule has 0 saturated heterocycles. The SMILES string of the molecule is Cc1cc(Nc2ncnc3ccc(C4=NC(C)(C)CO4)cc23)ccc1Oc1ccc2ncsc2c1. The predicted molar refractivity (Wildman–Crippen MR) is 140 cm³/mol. The Morgan fingerprint density at radius 2 is 1.86 bits per heavy atom. The summed E-state index contributed by atoms with van der Waals surface area (Å²) in [5.41, 5.74) is 6.29. The van der Waals surface area contributed by atoms with E-state index in [-0.39, 0.29) is 5.54 Å². The molecule has 5 aromatic rings. The van der Waals surface area contributed by atoms with Crippen molar-refractivity contribution in [3.05, 3.63) is 77.6 Å². The average molecular weight is 482 g/mol. The first-order valence-corrected chi connectivity index (χ1v) is 12.2. The first-order valence-electron chi connectivity index (χ1n) is 11.3. The molecule has 174 valence electrons. The standard InChI is InChI=1S/C27H23N5O2S/c1-16-10-18(5-9-23(16)34-19-6-8-22-24(12-19)35-15-30-22)31-25-20-11-17(4-7-21(20)28-14-29-25)26-32-27(2,3)13-33-26/h4-12,14-15H,13H2,1-3H3,(H,28,29,31). The maximum atomic E-state index is 6.15. The van der Waals surface area contributed by atoms with Crippen molar-refractivity contribution in [1.29, 1.82) is 0 Å². The third-order valence-corrected chi connectivity index (χ3v) is 6.61. The normalized spacial score (nSPS) is 14.7. The fraction of sp³-hybridized carbons (Fsp3) is 0.185. The van der Waals surface area contributed by atoms with Gasteiger partial charge in [-0.05, 0) is 74.9 Å². The van der Waals surface area contributed by atoms with Gasteiger partial charge >= 0.3 is 0 Å². The van der Waals surface area contributed by atoms with Crippen molar-refractivity contribution < 1.29 is 9.47 Å². The van der Waals surface area contributed by atoms with Crippen LogP contribution >= 0.6 is 11.3 Å². The van der Waals surface area contributed by atoms with Gasteiger partial charge in [-0.1, -0.05) is 0 Å². The Morgan fingerprint density at radius 1 is 0.971 bits per heavy atom. The summed E-state index contributed by atoms with van der Waals surface area (Å²) >= 11 is 1.60. The fourth-order valence-electron chi connectivity index (χ4n) is 4.03. The van der Waals surface area contributed by atoms with Gasteiger partial charge in [-0.15, -0.1) is 11.3 Å². The van der Waals surface area contributed by atoms with Crippen LogP contribution in [0.3, 0.4) is 0 Å². The number of rotatable bonds is 5. The summed E-state index contributed by atoms with van der Waals surface area (Å²) in [4.78, 5) is 17.9. The number of hydrogen-bond acceptors (Lipinski definition) is 8. The van der Waals surface area contributed by atoms with E-state index in [1.54, 1.807) is 17.7 Å². The van der Waals surface area contributed by atoms with Gasteiger partial charge < -0.3 is 14.8 Å². The lowest BCUT2D eigenvalue weighted by Gasteiger charge is -2.13. The average Bonchev–Trinajstić information content (AvgIpc) is 3.46. The van der Waals surface area contributed by atoms with Crippen LogP contribution in [0, 0.1) is 6.92 Å². The van der Waals surface area contributed by atoms with E-state index in [4.69, 9.17) is 14.5 Å². The number of fused-ring (bicyclic) bond motifs is 2. The highest BCUT2D eigenvalue weighted by Crippen LogP contribution is 2.32. The van der Waals surface area contributed by atoms with Crippen molar-refractivity contribution in [2.45, 2.75) is 26.3 Å². The van der Waals surface area contributed by atoms with Crippen LogP contribution in [0.4, 0.5) is 11.5 Å². The molecule has 0 atom stereocenters. The number of hydrogen-bond donors (Lipinski definition) is 1. The number of aromatic nitrogens is 3. The molecule has 1 aliphatic rings. The Bertz CT molecular complexity index is 1610. The topological polar surface area (TPSA) is 81.5 Å². The summed E-state index contributed by atoms with van der Waals surface area (Å²) < 4.78 is 13.1. The van der Waals surface area contributed by atoms with Gasteiger partial charge in [-0.3, -0.25) is 0 Å². The summed E-state index contributed by atoms with van der Waals surface area (Å²) in [7, 11) is 0. The number of benzene rings is 3. The third kappa shape index (κ3) is 4.28. The highest BCUT2D eigenvalue weighted by Gasteiger charge is 2.27. The Morgan fingerprint density at radius 3 is 2.69 bits per heavy atom. The van der Waals surface area contributed by atoms with Gasteiger partial charge in [0.15, 0.2) is 0 Å². The van der Waals surface area contributed by atoms with Crippen LogP contribution in [0.5, 0.6) is 11.5 Å². The minimum atomic E-state index is -0.216. The Hall–Kier alpha value is -4.04. The van der Waals surface area contributed by atoms with E-state index in [0.717, 1.165) is 55.3 Å². The van der Waals surface area contributed by atoms with Crippen LogP contribution in [0.15, 0.2) is 71.4 Å². The molecule has 0 bridgehead atoms. The molecule has 0 fully saturated rings. The van der Waals surface area contributed by atoms with E-state index in [1.165, 1.54) is 0 Å². The molecule has 0 spiro atoms. The van der Waals surface area contributed by atoms with Gasteiger partial charge in [0.05, 0.1) is 26.8 Å². The molecule has 6 rings (SSSR count). The molecule has 3 aromatic carbocycles. The second-order valence-corrected chi connectivity index (χ2v) is 10.0. The minimum absolute atomic E-state index is 0.216. The van der Waals surface area contributed by atoms with Crippen LogP contribution in [0.25, 0.3) is 21.1 Å². The van der Waals surface area contributed by atoms with E-state index in [1.807, 2.05) is 67.0 Å². The zero-order valence-corrected chi connectivity index (χ0v) is 20.4. The van der Waals surface area contributed by atoms with Gasteiger partial charge in [-0.2, -0.15) is 0 Å². The third-order valence-electron chi connectivity index (χ3n) is 5.82. The predicted octanol–water partition coefficient (Wildman–Crippen LogP) is 6.64. The maximum Gasteiger partial charge on any atom is 0.216 e. The highest BCUT2D eigenvalue weighted by molar-refractivity contribution is 7.16. The Labute approximate surface area is 206 Å². The molecule has 0 aliphatic carbocycles. The monoisotopic (exact) mass is 481 g/mol. The zero-order valence-electron chi connectivity index (χ0n) is 19.6. The van der Waals surface area contributed by atoms with Gasteiger partial charge in [0, 0.05) is 22.7 Å². The summed E-state index contributed by atoms with van der Waals surface area (Å²) in [6.07, 6.45) is 1.57. The Kier molecular flexibility index (Phi) is 5.11. The van der Waals surface area contributed by atoms with Gasteiger partial charge in [-0.25, -0.2) is 19.9 Å². The molecule has 3 heterocycles. The number of aliphatic imine (C=N–C) groups is 1. The van der Waals surface area contributed by atoms with E-state index < -0.39 is 0 Å². The summed E-state index contributed by atoms with van der Waals surface area (Å²) in [6.45, 7) is 6.72. The molecule has 0 radical (unpaired) electrons. The number of anilines is 2. The number of ether oxygens (including phenoxy) is 2. The van der Waals surface area contributed by atoms with Gasteiger partial charge in [0.25, 0.3) is 0 Å². The van der Waals surface area contributed by atoms with E-state index in [0.29, 0.717) is 12.5 Å². The Balaban J connectivity index is 1.27. The van der Waals surface area contributed by atoms with Crippen molar-refractivity contribution in [2.24, 2.45) is 4.99 Å². The molecule has 7 nitrogen and oxygen atoms in total. The van der Waals surface area contributed by atoms with Crippen molar-refractivity contribution in [3.8, 4) is 11.5 Å².